The Balaban J connectivity index is 3.20. The van der Waals surface area contributed by atoms with E-state index >= 15 is 0 Å². The summed E-state index contributed by atoms with van der Waals surface area (Å²) >= 11 is 0. The highest BCUT2D eigenvalue weighted by molar-refractivity contribution is 7.89. The predicted octanol–water partition coefficient (Wildman–Crippen LogP) is 2.08. The lowest BCUT2D eigenvalue weighted by atomic mass is 10.2. The normalized spacial score (nSPS) is 12.3. The van der Waals surface area contributed by atoms with E-state index < -0.39 is 10.0 Å². The molecule has 0 aliphatic heterocycles. The van der Waals surface area contributed by atoms with Crippen molar-refractivity contribution in [3.63, 3.8) is 0 Å². The molecule has 0 bridgehead atoms. The van der Waals surface area contributed by atoms with Gasteiger partial charge in [0, 0.05) is 18.2 Å². The Hall–Kier alpha value is -0.850. The number of furan rings is 1. The van der Waals surface area contributed by atoms with Gasteiger partial charge in [-0.15, -0.1) is 0 Å². The molecule has 19 heavy (non-hydrogen) atoms. The number of hydrogen-bond acceptors (Lipinski definition) is 4. The van der Waals surface area contributed by atoms with Crippen molar-refractivity contribution in [1.29, 1.82) is 0 Å². The highest BCUT2D eigenvalue weighted by Gasteiger charge is 2.27. The largest absolute Gasteiger partial charge is 0.465 e. The lowest BCUT2D eigenvalue weighted by Crippen LogP contribution is -2.34. The second-order valence-electron chi connectivity index (χ2n) is 4.69. The summed E-state index contributed by atoms with van der Waals surface area (Å²) in [4.78, 5) is 0.284. The number of rotatable bonds is 7. The number of sulfonamides is 1. The van der Waals surface area contributed by atoms with Gasteiger partial charge in [-0.05, 0) is 33.7 Å². The van der Waals surface area contributed by atoms with Gasteiger partial charge in [-0.25, -0.2) is 13.1 Å². The third-order valence-electron chi connectivity index (χ3n) is 3.25. The molecule has 0 unspecified atom stereocenters. The minimum absolute atomic E-state index is 0.0398. The van der Waals surface area contributed by atoms with Gasteiger partial charge in [-0.1, -0.05) is 13.8 Å². The maximum Gasteiger partial charge on any atom is 0.244 e. The van der Waals surface area contributed by atoms with Gasteiger partial charge in [0.2, 0.25) is 10.0 Å². The SMILES string of the molecule is CCC(CC)NS(=O)(=O)c1c(C)oc(C)c1CNC. The monoisotopic (exact) mass is 288 g/mol. The second kappa shape index (κ2) is 6.54. The minimum Gasteiger partial charge on any atom is -0.465 e. The Morgan fingerprint density at radius 3 is 2.21 bits per heavy atom. The molecule has 0 aliphatic rings. The lowest BCUT2D eigenvalue weighted by Gasteiger charge is -2.15. The molecule has 0 spiro atoms. The molecule has 0 amide bonds. The Kier molecular flexibility index (Phi) is 5.58. The summed E-state index contributed by atoms with van der Waals surface area (Å²) in [7, 11) is -1.75. The van der Waals surface area contributed by atoms with Crippen LogP contribution in [0.25, 0.3) is 0 Å². The van der Waals surface area contributed by atoms with E-state index in [2.05, 4.69) is 10.0 Å². The third-order valence-corrected chi connectivity index (χ3v) is 4.97. The molecule has 0 radical (unpaired) electrons. The van der Waals surface area contributed by atoms with Crippen molar-refractivity contribution in [2.75, 3.05) is 7.05 Å². The van der Waals surface area contributed by atoms with Crippen molar-refractivity contribution in [2.45, 2.75) is 58.0 Å². The zero-order valence-electron chi connectivity index (χ0n) is 12.3. The fourth-order valence-corrected chi connectivity index (χ4v) is 4.03. The molecule has 1 aromatic rings. The minimum atomic E-state index is -3.53. The number of nitrogens with one attached hydrogen (secondary N) is 2. The molecule has 1 rings (SSSR count). The molecule has 5 nitrogen and oxygen atoms in total. The Morgan fingerprint density at radius 2 is 1.74 bits per heavy atom. The van der Waals surface area contributed by atoms with Gasteiger partial charge in [-0.2, -0.15) is 0 Å². The van der Waals surface area contributed by atoms with Crippen LogP contribution in [0, 0.1) is 13.8 Å². The smallest absolute Gasteiger partial charge is 0.244 e. The van der Waals surface area contributed by atoms with E-state index in [0.29, 0.717) is 23.6 Å². The van der Waals surface area contributed by atoms with E-state index in [1.54, 1.807) is 20.9 Å². The van der Waals surface area contributed by atoms with E-state index in [9.17, 15) is 8.42 Å². The molecular weight excluding hydrogens is 264 g/mol. The van der Waals surface area contributed by atoms with Crippen LogP contribution in [-0.4, -0.2) is 21.5 Å². The van der Waals surface area contributed by atoms with E-state index in [4.69, 9.17) is 4.42 Å². The number of hydrogen-bond donors (Lipinski definition) is 2. The fraction of sp³-hybridized carbons (Fsp3) is 0.692. The standard InChI is InChI=1S/C13H24N2O3S/c1-6-11(7-2)15-19(16,17)13-10(4)18-9(3)12(13)8-14-5/h11,14-15H,6-8H2,1-5H3. The molecule has 6 heteroatoms. The van der Waals surface area contributed by atoms with Gasteiger partial charge in [0.05, 0.1) is 0 Å². The molecule has 110 valence electrons. The van der Waals surface area contributed by atoms with Crippen LogP contribution in [0.2, 0.25) is 0 Å². The van der Waals surface area contributed by atoms with Gasteiger partial charge in [0.15, 0.2) is 0 Å². The molecule has 0 aromatic carbocycles. The molecule has 0 aliphatic carbocycles. The second-order valence-corrected chi connectivity index (χ2v) is 6.34. The molecule has 1 aromatic heterocycles. The zero-order valence-corrected chi connectivity index (χ0v) is 13.1. The van der Waals surface area contributed by atoms with Gasteiger partial charge in [-0.3, -0.25) is 0 Å². The van der Waals surface area contributed by atoms with Crippen molar-refractivity contribution in [3.8, 4) is 0 Å². The van der Waals surface area contributed by atoms with E-state index in [1.165, 1.54) is 0 Å². The highest BCUT2D eigenvalue weighted by atomic mass is 32.2. The van der Waals surface area contributed by atoms with Crippen LogP contribution in [0.4, 0.5) is 0 Å². The first-order valence-electron chi connectivity index (χ1n) is 6.63. The highest BCUT2D eigenvalue weighted by Crippen LogP contribution is 2.26. The summed E-state index contributed by atoms with van der Waals surface area (Å²) in [6.45, 7) is 7.89. The average Bonchev–Trinajstić information content (AvgIpc) is 2.62. The first-order chi connectivity index (χ1) is 8.87. The van der Waals surface area contributed by atoms with Crippen molar-refractivity contribution in [1.82, 2.24) is 10.0 Å². The molecular formula is C13H24N2O3S. The maximum absolute atomic E-state index is 12.5. The van der Waals surface area contributed by atoms with Crippen LogP contribution in [-0.2, 0) is 16.6 Å². The molecule has 0 saturated heterocycles. The summed E-state index contributed by atoms with van der Waals surface area (Å²) in [6.07, 6.45) is 1.54. The molecule has 2 N–H and O–H groups in total. The topological polar surface area (TPSA) is 71.3 Å². The van der Waals surface area contributed by atoms with Crippen LogP contribution in [0.3, 0.4) is 0 Å². The first kappa shape index (κ1) is 16.2. The van der Waals surface area contributed by atoms with Crippen molar-refractivity contribution in [3.05, 3.63) is 17.1 Å². The predicted molar refractivity (Wildman–Crippen MR) is 75.6 cm³/mol. The lowest BCUT2D eigenvalue weighted by molar-refractivity contribution is 0.491. The summed E-state index contributed by atoms with van der Waals surface area (Å²) in [5.74, 6) is 1.10. The van der Waals surface area contributed by atoms with Crippen molar-refractivity contribution < 1.29 is 12.8 Å². The molecule has 1 heterocycles. The van der Waals surface area contributed by atoms with Crippen LogP contribution in [0.1, 0.15) is 43.8 Å². The first-order valence-corrected chi connectivity index (χ1v) is 8.11. The van der Waals surface area contributed by atoms with Gasteiger partial charge >= 0.3 is 0 Å². The van der Waals surface area contributed by atoms with Gasteiger partial charge < -0.3 is 9.73 Å². The van der Waals surface area contributed by atoms with Crippen LogP contribution in [0.5, 0.6) is 0 Å². The summed E-state index contributed by atoms with van der Waals surface area (Å²) < 4.78 is 33.2. The molecule has 0 saturated carbocycles. The Bertz CT molecular complexity index is 516. The number of aryl methyl sites for hydroxylation is 2. The zero-order chi connectivity index (χ0) is 14.6. The summed E-state index contributed by atoms with van der Waals surface area (Å²) in [5.41, 5.74) is 0.707. The van der Waals surface area contributed by atoms with Crippen LogP contribution in [0.15, 0.2) is 9.31 Å². The average molecular weight is 288 g/mol. The molecule has 0 atom stereocenters. The van der Waals surface area contributed by atoms with Crippen molar-refractivity contribution in [2.24, 2.45) is 0 Å². The van der Waals surface area contributed by atoms with Crippen LogP contribution < -0.4 is 10.0 Å². The Labute approximate surface area is 115 Å². The molecule has 0 fully saturated rings. The third kappa shape index (κ3) is 3.58. The summed E-state index contributed by atoms with van der Waals surface area (Å²) in [5, 5.41) is 2.98. The fourth-order valence-electron chi connectivity index (χ4n) is 2.18. The van der Waals surface area contributed by atoms with Crippen LogP contribution >= 0.6 is 0 Å². The van der Waals surface area contributed by atoms with Gasteiger partial charge in [0.1, 0.15) is 16.4 Å². The Morgan fingerprint density at radius 1 is 1.16 bits per heavy atom. The van der Waals surface area contributed by atoms with Gasteiger partial charge in [0.25, 0.3) is 0 Å². The quantitative estimate of drug-likeness (QED) is 0.806. The maximum atomic E-state index is 12.5. The summed E-state index contributed by atoms with van der Waals surface area (Å²) in [6, 6.07) is -0.0398. The van der Waals surface area contributed by atoms with E-state index in [0.717, 1.165) is 12.8 Å². The van der Waals surface area contributed by atoms with Crippen molar-refractivity contribution >= 4 is 10.0 Å². The van der Waals surface area contributed by atoms with E-state index in [1.807, 2.05) is 13.8 Å². The van der Waals surface area contributed by atoms with E-state index in [-0.39, 0.29) is 10.9 Å².